The summed E-state index contributed by atoms with van der Waals surface area (Å²) in [4.78, 5) is 14.3. The molecule has 0 spiro atoms. The molecule has 0 heterocycles. The minimum Gasteiger partial charge on any atom is -0.295 e. The first-order chi connectivity index (χ1) is 8.81. The molecule has 0 aromatic heterocycles. The predicted octanol–water partition coefficient (Wildman–Crippen LogP) is 2.90. The van der Waals surface area contributed by atoms with Crippen molar-refractivity contribution in [3.63, 3.8) is 0 Å². The van der Waals surface area contributed by atoms with Gasteiger partial charge >= 0.3 is 6.18 Å². The molecule has 19 heavy (non-hydrogen) atoms. The lowest BCUT2D eigenvalue weighted by Gasteiger charge is -2.21. The lowest BCUT2D eigenvalue weighted by Crippen LogP contribution is -2.38. The Kier molecular flexibility index (Phi) is 4.42. The second kappa shape index (κ2) is 5.64. The van der Waals surface area contributed by atoms with Gasteiger partial charge in [0.05, 0.1) is 5.69 Å². The molecule has 0 aliphatic rings. The predicted molar refractivity (Wildman–Crippen MR) is 67.9 cm³/mol. The van der Waals surface area contributed by atoms with Crippen LogP contribution in [0.5, 0.6) is 0 Å². The van der Waals surface area contributed by atoms with Gasteiger partial charge in [-0.2, -0.15) is 18.3 Å². The molecule has 0 saturated carbocycles. The second-order valence-corrected chi connectivity index (χ2v) is 3.60. The highest BCUT2D eigenvalue weighted by atomic mass is 19.4. The van der Waals surface area contributed by atoms with E-state index in [0.717, 1.165) is 7.05 Å². The van der Waals surface area contributed by atoms with E-state index in [9.17, 15) is 18.0 Å². The standard InChI is InChI=1S/C12H12F3N3O/c1-8(19)9-4-6-10(7-5-9)18(17-3)11(16-2)12(13,14)15/h4-7H,3H2,1-2H3/b16-11-. The number of aliphatic imine (C=N–C) groups is 1. The maximum Gasteiger partial charge on any atom is 0.451 e. The molecular formula is C12H12F3N3O. The number of Topliss-reactive ketones (excluding diaryl/α,β-unsaturated/α-hetero) is 1. The summed E-state index contributed by atoms with van der Waals surface area (Å²) in [5, 5.41) is 3.89. The van der Waals surface area contributed by atoms with Gasteiger partial charge in [-0.05, 0) is 31.2 Å². The topological polar surface area (TPSA) is 45.0 Å². The highest BCUT2D eigenvalue weighted by Crippen LogP contribution is 2.25. The summed E-state index contributed by atoms with van der Waals surface area (Å²) in [5.74, 6) is -1.36. The highest BCUT2D eigenvalue weighted by molar-refractivity contribution is 6.02. The lowest BCUT2D eigenvalue weighted by molar-refractivity contribution is -0.0602. The number of carbonyl (C=O) groups is 1. The summed E-state index contributed by atoms with van der Waals surface area (Å²) in [6.07, 6.45) is -4.64. The number of anilines is 1. The monoisotopic (exact) mass is 271 g/mol. The number of hydrogen-bond acceptors (Lipinski definition) is 3. The third-order valence-electron chi connectivity index (χ3n) is 2.33. The van der Waals surface area contributed by atoms with Gasteiger partial charge in [-0.25, -0.2) is 5.01 Å². The Morgan fingerprint density at radius 2 is 1.79 bits per heavy atom. The van der Waals surface area contributed by atoms with Crippen LogP contribution < -0.4 is 5.01 Å². The molecule has 102 valence electrons. The van der Waals surface area contributed by atoms with Crippen LogP contribution in [0.25, 0.3) is 0 Å². The Labute approximate surface area is 108 Å². The van der Waals surface area contributed by atoms with Gasteiger partial charge in [-0.3, -0.25) is 9.79 Å². The summed E-state index contributed by atoms with van der Waals surface area (Å²) in [6.45, 7) is 4.47. The van der Waals surface area contributed by atoms with Gasteiger partial charge in [-0.1, -0.05) is 0 Å². The fourth-order valence-electron chi connectivity index (χ4n) is 1.45. The van der Waals surface area contributed by atoms with Crippen molar-refractivity contribution in [1.29, 1.82) is 0 Å². The molecule has 0 unspecified atom stereocenters. The van der Waals surface area contributed by atoms with E-state index < -0.39 is 12.0 Å². The minimum absolute atomic E-state index is 0.123. The minimum atomic E-state index is -4.64. The van der Waals surface area contributed by atoms with Crippen LogP contribution in [0.4, 0.5) is 18.9 Å². The van der Waals surface area contributed by atoms with Crippen molar-refractivity contribution in [3.05, 3.63) is 29.8 Å². The SMILES string of the molecule is C=NN(/C(=N\C)C(F)(F)F)c1ccc(C(C)=O)cc1. The van der Waals surface area contributed by atoms with Gasteiger partial charge in [0.25, 0.3) is 0 Å². The fraction of sp³-hybridized carbons (Fsp3) is 0.250. The largest absolute Gasteiger partial charge is 0.451 e. The number of halogens is 3. The van der Waals surface area contributed by atoms with Gasteiger partial charge in [0.15, 0.2) is 5.78 Å². The van der Waals surface area contributed by atoms with Crippen molar-refractivity contribution in [2.45, 2.75) is 13.1 Å². The van der Waals surface area contributed by atoms with Crippen molar-refractivity contribution in [1.82, 2.24) is 0 Å². The van der Waals surface area contributed by atoms with Crippen LogP contribution in [0, 0.1) is 0 Å². The third-order valence-corrected chi connectivity index (χ3v) is 2.33. The Balaban J connectivity index is 3.17. The van der Waals surface area contributed by atoms with Crippen LogP contribution in [0.1, 0.15) is 17.3 Å². The van der Waals surface area contributed by atoms with Gasteiger partial charge in [0.1, 0.15) is 0 Å². The van der Waals surface area contributed by atoms with Crippen molar-refractivity contribution < 1.29 is 18.0 Å². The van der Waals surface area contributed by atoms with E-state index >= 15 is 0 Å². The second-order valence-electron chi connectivity index (χ2n) is 3.60. The number of ketones is 1. The van der Waals surface area contributed by atoms with Crippen LogP contribution in [-0.4, -0.2) is 31.6 Å². The summed E-state index contributed by atoms with van der Waals surface area (Å²) in [7, 11) is 1.02. The van der Waals surface area contributed by atoms with Crippen LogP contribution in [-0.2, 0) is 0 Å². The molecule has 0 aliphatic heterocycles. The maximum atomic E-state index is 12.7. The number of rotatable bonds is 3. The van der Waals surface area contributed by atoms with Gasteiger partial charge in [0, 0.05) is 19.3 Å². The highest BCUT2D eigenvalue weighted by Gasteiger charge is 2.40. The molecule has 0 bridgehead atoms. The molecular weight excluding hydrogens is 259 g/mol. The molecule has 0 N–H and O–H groups in total. The van der Waals surface area contributed by atoms with Gasteiger partial charge in [-0.15, -0.1) is 0 Å². The molecule has 1 rings (SSSR count). The Hall–Kier alpha value is -2.18. The molecule has 0 aliphatic carbocycles. The Morgan fingerprint density at radius 1 is 1.26 bits per heavy atom. The molecule has 0 amide bonds. The smallest absolute Gasteiger partial charge is 0.295 e. The van der Waals surface area contributed by atoms with Crippen molar-refractivity contribution in [2.24, 2.45) is 10.1 Å². The van der Waals surface area contributed by atoms with Crippen LogP contribution in [0.2, 0.25) is 0 Å². The van der Waals surface area contributed by atoms with Crippen LogP contribution in [0.3, 0.4) is 0 Å². The number of amidine groups is 1. The first-order valence-corrected chi connectivity index (χ1v) is 5.23. The van der Waals surface area contributed by atoms with Gasteiger partial charge in [0.2, 0.25) is 5.84 Å². The molecule has 0 radical (unpaired) electrons. The van der Waals surface area contributed by atoms with E-state index in [0.29, 0.717) is 10.6 Å². The number of benzene rings is 1. The zero-order valence-electron chi connectivity index (χ0n) is 10.4. The molecule has 0 fully saturated rings. The summed E-state index contributed by atoms with van der Waals surface area (Å²) < 4.78 is 38.2. The number of hydrazone groups is 1. The first kappa shape index (κ1) is 14.9. The Bertz CT molecular complexity index is 506. The number of carbonyl (C=O) groups excluding carboxylic acids is 1. The zero-order chi connectivity index (χ0) is 14.6. The van der Waals surface area contributed by atoms with E-state index in [-0.39, 0.29) is 11.5 Å². The normalized spacial score (nSPS) is 12.2. The fourth-order valence-corrected chi connectivity index (χ4v) is 1.45. The Morgan fingerprint density at radius 3 is 2.11 bits per heavy atom. The molecule has 1 aromatic rings. The average Bonchev–Trinajstić information content (AvgIpc) is 2.34. The van der Waals surface area contributed by atoms with E-state index in [1.807, 2.05) is 0 Å². The maximum absolute atomic E-state index is 12.7. The molecule has 1 aromatic carbocycles. The van der Waals surface area contributed by atoms with E-state index in [2.05, 4.69) is 16.8 Å². The van der Waals surface area contributed by atoms with Crippen molar-refractivity contribution in [2.75, 3.05) is 12.1 Å². The zero-order valence-corrected chi connectivity index (χ0v) is 10.4. The third kappa shape index (κ3) is 3.40. The molecule has 0 atom stereocenters. The van der Waals surface area contributed by atoms with Crippen molar-refractivity contribution in [3.8, 4) is 0 Å². The number of nitrogens with zero attached hydrogens (tertiary/aromatic N) is 3. The quantitative estimate of drug-likeness (QED) is 0.367. The first-order valence-electron chi connectivity index (χ1n) is 5.23. The van der Waals surface area contributed by atoms with Crippen molar-refractivity contribution >= 4 is 24.0 Å². The molecule has 0 saturated heterocycles. The summed E-state index contributed by atoms with van der Waals surface area (Å²) in [5.41, 5.74) is 0.521. The molecule has 4 nitrogen and oxygen atoms in total. The summed E-state index contributed by atoms with van der Waals surface area (Å²) >= 11 is 0. The van der Waals surface area contributed by atoms with Gasteiger partial charge < -0.3 is 0 Å². The lowest BCUT2D eigenvalue weighted by atomic mass is 10.1. The number of hydrogen-bond donors (Lipinski definition) is 0. The van der Waals surface area contributed by atoms with E-state index in [1.165, 1.54) is 31.2 Å². The van der Waals surface area contributed by atoms with Crippen LogP contribution in [0.15, 0.2) is 34.4 Å². The average molecular weight is 271 g/mol. The summed E-state index contributed by atoms with van der Waals surface area (Å²) in [6, 6.07) is 5.53. The number of alkyl halides is 3. The van der Waals surface area contributed by atoms with E-state index in [4.69, 9.17) is 0 Å². The van der Waals surface area contributed by atoms with E-state index in [1.54, 1.807) is 0 Å². The molecule has 7 heteroatoms. The van der Waals surface area contributed by atoms with Crippen LogP contribution >= 0.6 is 0 Å².